The van der Waals surface area contributed by atoms with Crippen LogP contribution in [-0.2, 0) is 14.4 Å². The number of carboxylic acid groups (broad SMARTS) is 1. The van der Waals surface area contributed by atoms with Gasteiger partial charge in [-0.15, -0.1) is 0 Å². The quantitative estimate of drug-likeness (QED) is 0.592. The molecule has 21 heavy (non-hydrogen) atoms. The number of imide groups is 1. The Morgan fingerprint density at radius 2 is 1.90 bits per heavy atom. The summed E-state index contributed by atoms with van der Waals surface area (Å²) in [6, 6.07) is -2.69. The fraction of sp³-hybridized carbons (Fsp3) is 0.600. The maximum atomic E-state index is 12.8. The normalized spacial score (nSPS) is 22.3. The number of nitrogens with zero attached hydrogens (tertiary/aromatic N) is 1. The largest absolute Gasteiger partial charge is 0.479 e. The van der Waals surface area contributed by atoms with Crippen molar-refractivity contribution in [3.8, 4) is 0 Å². The highest BCUT2D eigenvalue weighted by atomic mass is 19.4. The van der Waals surface area contributed by atoms with Crippen molar-refractivity contribution in [3.05, 3.63) is 0 Å². The highest BCUT2D eigenvalue weighted by molar-refractivity contribution is 6.04. The molecular formula is C10H12F3N3O5. The van der Waals surface area contributed by atoms with Crippen LogP contribution < -0.4 is 10.6 Å². The number of carboxylic acids is 1. The van der Waals surface area contributed by atoms with Gasteiger partial charge in [-0.25, -0.2) is 9.59 Å². The van der Waals surface area contributed by atoms with Crippen LogP contribution in [0.15, 0.2) is 0 Å². The van der Waals surface area contributed by atoms with Crippen molar-refractivity contribution in [2.75, 3.05) is 6.54 Å². The number of urea groups is 1. The lowest BCUT2D eigenvalue weighted by Gasteiger charge is -2.35. The second kappa shape index (κ2) is 5.22. The number of amides is 4. The fourth-order valence-corrected chi connectivity index (χ4v) is 1.49. The molecule has 3 N–H and O–H groups in total. The second-order valence-corrected chi connectivity index (χ2v) is 4.57. The average Bonchev–Trinajstić information content (AvgIpc) is 2.31. The van der Waals surface area contributed by atoms with Crippen molar-refractivity contribution in [1.82, 2.24) is 15.5 Å². The molecule has 1 heterocycles. The van der Waals surface area contributed by atoms with Crippen molar-refractivity contribution in [3.63, 3.8) is 0 Å². The van der Waals surface area contributed by atoms with Gasteiger partial charge >= 0.3 is 18.2 Å². The van der Waals surface area contributed by atoms with E-state index in [4.69, 9.17) is 5.11 Å². The summed E-state index contributed by atoms with van der Waals surface area (Å²) in [5.74, 6) is -4.06. The third kappa shape index (κ3) is 3.06. The predicted molar refractivity (Wildman–Crippen MR) is 59.9 cm³/mol. The molecule has 0 aliphatic carbocycles. The molecule has 4 amide bonds. The lowest BCUT2D eigenvalue weighted by Crippen LogP contribution is -2.67. The lowest BCUT2D eigenvalue weighted by atomic mass is 10.0. The van der Waals surface area contributed by atoms with E-state index in [-0.39, 0.29) is 6.92 Å². The number of rotatable bonds is 2. The number of hydrogen-bond donors (Lipinski definition) is 3. The van der Waals surface area contributed by atoms with Crippen LogP contribution >= 0.6 is 0 Å². The highest BCUT2D eigenvalue weighted by Gasteiger charge is 2.59. The summed E-state index contributed by atoms with van der Waals surface area (Å²) in [6.07, 6.45) is -5.26. The van der Waals surface area contributed by atoms with E-state index in [1.807, 2.05) is 5.32 Å². The van der Waals surface area contributed by atoms with Crippen molar-refractivity contribution in [2.45, 2.75) is 31.6 Å². The predicted octanol–water partition coefficient (Wildman–Crippen LogP) is -0.551. The molecule has 2 atom stereocenters. The summed E-state index contributed by atoms with van der Waals surface area (Å²) in [6.45, 7) is 0.795. The van der Waals surface area contributed by atoms with Crippen LogP contribution in [0.25, 0.3) is 0 Å². The van der Waals surface area contributed by atoms with E-state index in [0.29, 0.717) is 4.90 Å². The van der Waals surface area contributed by atoms with Gasteiger partial charge in [0.2, 0.25) is 17.4 Å². The van der Waals surface area contributed by atoms with Crippen molar-refractivity contribution < 1.29 is 37.5 Å². The molecule has 0 saturated carbocycles. The molecule has 0 aromatic rings. The molecule has 11 heteroatoms. The van der Waals surface area contributed by atoms with Crippen LogP contribution in [-0.4, -0.2) is 58.1 Å². The van der Waals surface area contributed by atoms with Crippen molar-refractivity contribution in [1.29, 1.82) is 0 Å². The maximum absolute atomic E-state index is 12.8. The zero-order chi connectivity index (χ0) is 16.6. The zero-order valence-corrected chi connectivity index (χ0v) is 10.9. The topological polar surface area (TPSA) is 116 Å². The van der Waals surface area contributed by atoms with E-state index in [9.17, 15) is 32.3 Å². The molecule has 0 aromatic carbocycles. The van der Waals surface area contributed by atoms with Crippen LogP contribution in [0.1, 0.15) is 13.8 Å². The van der Waals surface area contributed by atoms with Crippen molar-refractivity contribution >= 4 is 23.8 Å². The Hall–Kier alpha value is -2.33. The number of nitrogens with one attached hydrogen (secondary N) is 2. The summed E-state index contributed by atoms with van der Waals surface area (Å²) < 4.78 is 38.3. The summed E-state index contributed by atoms with van der Waals surface area (Å²) in [7, 11) is 0. The SMILES string of the molecule is CC1C(=O)NC(=O)CN1C(=O)NC(C)(C(=O)O)C(F)(F)F. The molecule has 2 unspecified atom stereocenters. The van der Waals surface area contributed by atoms with Gasteiger partial charge in [-0.05, 0) is 13.8 Å². The number of carbonyl (C=O) groups is 4. The second-order valence-electron chi connectivity index (χ2n) is 4.57. The van der Waals surface area contributed by atoms with Crippen LogP contribution in [0, 0.1) is 0 Å². The monoisotopic (exact) mass is 311 g/mol. The molecular weight excluding hydrogens is 299 g/mol. The first-order chi connectivity index (χ1) is 9.40. The minimum Gasteiger partial charge on any atom is -0.479 e. The molecule has 0 radical (unpaired) electrons. The Morgan fingerprint density at radius 1 is 1.38 bits per heavy atom. The van der Waals surface area contributed by atoms with Gasteiger partial charge in [-0.2, -0.15) is 13.2 Å². The third-order valence-electron chi connectivity index (χ3n) is 3.04. The summed E-state index contributed by atoms with van der Waals surface area (Å²) in [5, 5.41) is 11.9. The summed E-state index contributed by atoms with van der Waals surface area (Å²) >= 11 is 0. The van der Waals surface area contributed by atoms with Gasteiger partial charge < -0.3 is 15.3 Å². The van der Waals surface area contributed by atoms with Gasteiger partial charge in [-0.1, -0.05) is 0 Å². The van der Waals surface area contributed by atoms with E-state index in [0.717, 1.165) is 0 Å². The Morgan fingerprint density at radius 3 is 2.33 bits per heavy atom. The van der Waals surface area contributed by atoms with Crippen LogP contribution in [0.5, 0.6) is 0 Å². The Labute approximate surface area is 116 Å². The van der Waals surface area contributed by atoms with Gasteiger partial charge in [0, 0.05) is 0 Å². The van der Waals surface area contributed by atoms with Gasteiger partial charge in [0.1, 0.15) is 12.6 Å². The number of alkyl halides is 3. The van der Waals surface area contributed by atoms with Gasteiger partial charge in [-0.3, -0.25) is 14.9 Å². The molecule has 0 bridgehead atoms. The van der Waals surface area contributed by atoms with Crippen LogP contribution in [0.4, 0.5) is 18.0 Å². The number of hydrogen-bond acceptors (Lipinski definition) is 4. The van der Waals surface area contributed by atoms with Gasteiger partial charge in [0.15, 0.2) is 0 Å². The van der Waals surface area contributed by atoms with E-state index in [1.165, 1.54) is 12.2 Å². The van der Waals surface area contributed by atoms with Gasteiger partial charge in [0.05, 0.1) is 0 Å². The van der Waals surface area contributed by atoms with E-state index >= 15 is 0 Å². The van der Waals surface area contributed by atoms with Crippen LogP contribution in [0.3, 0.4) is 0 Å². The zero-order valence-electron chi connectivity index (χ0n) is 10.9. The molecule has 1 aliphatic heterocycles. The Bertz CT molecular complexity index is 507. The first kappa shape index (κ1) is 16.7. The molecule has 0 aromatic heterocycles. The van der Waals surface area contributed by atoms with E-state index in [1.54, 1.807) is 0 Å². The average molecular weight is 311 g/mol. The number of piperazine rings is 1. The molecule has 118 valence electrons. The molecule has 0 spiro atoms. The first-order valence-electron chi connectivity index (χ1n) is 5.62. The molecule has 1 aliphatic rings. The first-order valence-corrected chi connectivity index (χ1v) is 5.62. The van der Waals surface area contributed by atoms with E-state index in [2.05, 4.69) is 0 Å². The summed E-state index contributed by atoms with van der Waals surface area (Å²) in [4.78, 5) is 45.6. The maximum Gasteiger partial charge on any atom is 0.422 e. The number of halogens is 3. The smallest absolute Gasteiger partial charge is 0.422 e. The standard InChI is InChI=1S/C10H12F3N3O5/c1-4-6(18)14-5(17)3-16(4)8(21)15-9(2,7(19)20)10(11,12)13/h4H,3H2,1-2H3,(H,15,21)(H,19,20)(H,14,17,18). The number of carbonyl (C=O) groups excluding carboxylic acids is 3. The minimum atomic E-state index is -5.26. The molecule has 1 fully saturated rings. The Balaban J connectivity index is 3.00. The van der Waals surface area contributed by atoms with Gasteiger partial charge in [0.25, 0.3) is 0 Å². The molecule has 8 nitrogen and oxygen atoms in total. The van der Waals surface area contributed by atoms with E-state index < -0.39 is 48.1 Å². The summed E-state index contributed by atoms with van der Waals surface area (Å²) in [5.41, 5.74) is -3.54. The lowest BCUT2D eigenvalue weighted by molar-refractivity contribution is -0.203. The molecule has 1 rings (SSSR count). The highest BCUT2D eigenvalue weighted by Crippen LogP contribution is 2.30. The minimum absolute atomic E-state index is 0.268. The molecule has 1 saturated heterocycles. The third-order valence-corrected chi connectivity index (χ3v) is 3.04. The van der Waals surface area contributed by atoms with Crippen LogP contribution in [0.2, 0.25) is 0 Å². The Kier molecular flexibility index (Phi) is 4.16. The number of aliphatic carboxylic acids is 1. The van der Waals surface area contributed by atoms with Crippen molar-refractivity contribution in [2.24, 2.45) is 0 Å². The fourth-order valence-electron chi connectivity index (χ4n) is 1.49.